The van der Waals surface area contributed by atoms with E-state index in [2.05, 4.69) is 5.32 Å². The number of carbonyl (C=O) groups excluding carboxylic acids is 1. The predicted molar refractivity (Wildman–Crippen MR) is 109 cm³/mol. The lowest BCUT2D eigenvalue weighted by Gasteiger charge is -2.24. The minimum absolute atomic E-state index is 0.0458. The lowest BCUT2D eigenvalue weighted by molar-refractivity contribution is 0.0949. The van der Waals surface area contributed by atoms with Crippen LogP contribution in [0.5, 0.6) is 5.75 Å². The van der Waals surface area contributed by atoms with E-state index in [1.165, 1.54) is 34.9 Å². The Kier molecular flexibility index (Phi) is 5.39. The van der Waals surface area contributed by atoms with Gasteiger partial charge in [-0.3, -0.25) is 14.4 Å². The molecule has 1 aromatic carbocycles. The Labute approximate surface area is 171 Å². The lowest BCUT2D eigenvalue weighted by atomic mass is 9.95. The van der Waals surface area contributed by atoms with Crippen LogP contribution in [0.4, 0.5) is 4.39 Å². The van der Waals surface area contributed by atoms with Gasteiger partial charge in [-0.15, -0.1) is 0 Å². The van der Waals surface area contributed by atoms with Gasteiger partial charge in [-0.25, -0.2) is 4.39 Å². The van der Waals surface area contributed by atoms with Crippen LogP contribution in [0.2, 0.25) is 0 Å². The zero-order valence-corrected chi connectivity index (χ0v) is 16.3. The first-order valence-corrected chi connectivity index (χ1v) is 9.97. The molecule has 0 spiro atoms. The summed E-state index contributed by atoms with van der Waals surface area (Å²) in [5.74, 6) is -1.81. The summed E-state index contributed by atoms with van der Waals surface area (Å²) in [6, 6.07) is 5.64. The molecule has 1 aliphatic rings. The summed E-state index contributed by atoms with van der Waals surface area (Å²) >= 11 is 0. The number of pyridine rings is 1. The van der Waals surface area contributed by atoms with E-state index in [0.29, 0.717) is 5.56 Å². The number of rotatable bonds is 4. The van der Waals surface area contributed by atoms with E-state index in [0.717, 1.165) is 32.1 Å². The minimum atomic E-state index is -0.898. The van der Waals surface area contributed by atoms with Gasteiger partial charge >= 0.3 is 0 Å². The van der Waals surface area contributed by atoms with Gasteiger partial charge in [0.1, 0.15) is 11.4 Å². The van der Waals surface area contributed by atoms with Gasteiger partial charge in [0.15, 0.2) is 11.3 Å². The van der Waals surface area contributed by atoms with Crippen molar-refractivity contribution in [3.63, 3.8) is 0 Å². The molecule has 0 saturated heterocycles. The molecule has 4 rings (SSSR count). The van der Waals surface area contributed by atoms with Gasteiger partial charge in [0.25, 0.3) is 11.5 Å². The number of aromatic hydroxyl groups is 1. The summed E-state index contributed by atoms with van der Waals surface area (Å²) in [4.78, 5) is 38.0. The van der Waals surface area contributed by atoms with Crippen LogP contribution in [-0.2, 0) is 6.54 Å². The Morgan fingerprint density at radius 3 is 2.50 bits per heavy atom. The summed E-state index contributed by atoms with van der Waals surface area (Å²) in [7, 11) is 0. The van der Waals surface area contributed by atoms with Crippen molar-refractivity contribution in [1.82, 2.24) is 14.3 Å². The SMILES string of the molecule is O=C(NCc1ccc(F)cc1)c1cn2ccn(C3CCCCC3)c(=O)c2c(O)c1=O. The summed E-state index contributed by atoms with van der Waals surface area (Å²) in [6.07, 6.45) is 9.43. The van der Waals surface area contributed by atoms with Crippen LogP contribution in [0, 0.1) is 5.82 Å². The van der Waals surface area contributed by atoms with E-state index >= 15 is 0 Å². The van der Waals surface area contributed by atoms with E-state index < -0.39 is 22.6 Å². The molecule has 0 aliphatic heterocycles. The summed E-state index contributed by atoms with van der Waals surface area (Å²) < 4.78 is 15.9. The van der Waals surface area contributed by atoms with Crippen molar-refractivity contribution in [2.75, 3.05) is 0 Å². The fourth-order valence-electron chi connectivity index (χ4n) is 3.97. The van der Waals surface area contributed by atoms with E-state index in [-0.39, 0.29) is 29.5 Å². The maximum atomic E-state index is 13.0. The highest BCUT2D eigenvalue weighted by Gasteiger charge is 2.22. The lowest BCUT2D eigenvalue weighted by Crippen LogP contribution is -2.32. The first-order valence-electron chi connectivity index (χ1n) is 9.97. The smallest absolute Gasteiger partial charge is 0.279 e. The second-order valence-corrected chi connectivity index (χ2v) is 7.59. The normalized spacial score (nSPS) is 14.7. The molecule has 2 heterocycles. The molecule has 2 aromatic heterocycles. The van der Waals surface area contributed by atoms with Gasteiger partial charge in [-0.1, -0.05) is 31.4 Å². The van der Waals surface area contributed by atoms with Gasteiger partial charge in [0.2, 0.25) is 5.43 Å². The zero-order chi connectivity index (χ0) is 21.3. The number of halogens is 1. The van der Waals surface area contributed by atoms with Crippen LogP contribution in [0.25, 0.3) is 5.52 Å². The first kappa shape index (κ1) is 19.9. The molecule has 30 heavy (non-hydrogen) atoms. The number of nitrogens with zero attached hydrogens (tertiary/aromatic N) is 2. The number of hydrogen-bond acceptors (Lipinski definition) is 4. The fraction of sp³-hybridized carbons (Fsp3) is 0.318. The Morgan fingerprint density at radius 1 is 1.10 bits per heavy atom. The third-order valence-corrected chi connectivity index (χ3v) is 5.61. The van der Waals surface area contributed by atoms with Gasteiger partial charge in [0, 0.05) is 31.2 Å². The molecular weight excluding hydrogens is 389 g/mol. The molecule has 0 bridgehead atoms. The average Bonchev–Trinajstić information content (AvgIpc) is 2.76. The maximum absolute atomic E-state index is 13.0. The van der Waals surface area contributed by atoms with Crippen molar-refractivity contribution in [2.45, 2.75) is 44.7 Å². The summed E-state index contributed by atoms with van der Waals surface area (Å²) in [6.45, 7) is 0.0886. The number of amides is 1. The maximum Gasteiger partial charge on any atom is 0.279 e. The van der Waals surface area contributed by atoms with Gasteiger partial charge in [-0.05, 0) is 30.5 Å². The van der Waals surface area contributed by atoms with Crippen molar-refractivity contribution in [1.29, 1.82) is 0 Å². The largest absolute Gasteiger partial charge is 0.503 e. The first-order chi connectivity index (χ1) is 14.5. The van der Waals surface area contributed by atoms with Crippen molar-refractivity contribution >= 4 is 11.4 Å². The van der Waals surface area contributed by atoms with Crippen LogP contribution < -0.4 is 16.3 Å². The van der Waals surface area contributed by atoms with Crippen LogP contribution in [0.15, 0.2) is 52.4 Å². The number of aromatic nitrogens is 2. The summed E-state index contributed by atoms with van der Waals surface area (Å²) in [5.41, 5.74) is -1.10. The van der Waals surface area contributed by atoms with Crippen molar-refractivity contribution in [2.24, 2.45) is 0 Å². The summed E-state index contributed by atoms with van der Waals surface area (Å²) in [5, 5.41) is 13.0. The third kappa shape index (κ3) is 3.72. The topological polar surface area (TPSA) is 92.8 Å². The molecule has 0 radical (unpaired) electrons. The molecule has 3 aromatic rings. The molecule has 1 aliphatic carbocycles. The molecule has 0 atom stereocenters. The average molecular weight is 411 g/mol. The Morgan fingerprint density at radius 2 is 1.80 bits per heavy atom. The Hall–Kier alpha value is -3.42. The van der Waals surface area contributed by atoms with E-state index in [1.54, 1.807) is 17.0 Å². The van der Waals surface area contributed by atoms with Crippen molar-refractivity contribution < 1.29 is 14.3 Å². The molecule has 156 valence electrons. The van der Waals surface area contributed by atoms with Gasteiger partial charge < -0.3 is 19.4 Å². The number of carbonyl (C=O) groups is 1. The van der Waals surface area contributed by atoms with Crippen molar-refractivity contribution in [3.05, 3.63) is 80.4 Å². The highest BCUT2D eigenvalue weighted by Crippen LogP contribution is 2.27. The molecule has 1 amide bonds. The number of fused-ring (bicyclic) bond motifs is 1. The van der Waals surface area contributed by atoms with Crippen LogP contribution in [0.1, 0.15) is 54.1 Å². The standard InChI is InChI=1S/C22H22FN3O4/c23-15-8-6-14(7-9-15)12-24-21(29)17-13-25-10-11-26(16-4-2-1-3-5-16)22(30)18(25)20(28)19(17)27/h6-11,13,16,28H,1-5,12H2,(H,24,29). The zero-order valence-electron chi connectivity index (χ0n) is 16.3. The number of nitrogens with one attached hydrogen (secondary N) is 1. The van der Waals surface area contributed by atoms with E-state index in [9.17, 15) is 23.9 Å². The Bertz CT molecular complexity index is 1210. The molecule has 7 nitrogen and oxygen atoms in total. The quantitative estimate of drug-likeness (QED) is 0.691. The molecular formula is C22H22FN3O4. The van der Waals surface area contributed by atoms with Crippen LogP contribution in [-0.4, -0.2) is 20.0 Å². The van der Waals surface area contributed by atoms with Crippen molar-refractivity contribution in [3.8, 4) is 5.75 Å². The highest BCUT2D eigenvalue weighted by molar-refractivity contribution is 5.94. The molecule has 8 heteroatoms. The monoisotopic (exact) mass is 411 g/mol. The highest BCUT2D eigenvalue weighted by atomic mass is 19.1. The van der Waals surface area contributed by atoms with Crippen LogP contribution in [0.3, 0.4) is 0 Å². The second-order valence-electron chi connectivity index (χ2n) is 7.59. The van der Waals surface area contributed by atoms with Gasteiger partial charge in [0.05, 0.1) is 0 Å². The van der Waals surface area contributed by atoms with E-state index in [4.69, 9.17) is 0 Å². The fourth-order valence-corrected chi connectivity index (χ4v) is 3.97. The number of hydrogen-bond donors (Lipinski definition) is 2. The van der Waals surface area contributed by atoms with Gasteiger partial charge in [-0.2, -0.15) is 0 Å². The Balaban J connectivity index is 1.65. The second kappa shape index (κ2) is 8.14. The number of benzene rings is 1. The molecule has 2 N–H and O–H groups in total. The minimum Gasteiger partial charge on any atom is -0.503 e. The van der Waals surface area contributed by atoms with Crippen LogP contribution >= 0.6 is 0 Å². The molecule has 1 saturated carbocycles. The molecule has 0 unspecified atom stereocenters. The predicted octanol–water partition coefficient (Wildman–Crippen LogP) is 2.74. The third-order valence-electron chi connectivity index (χ3n) is 5.61. The molecule has 1 fully saturated rings. The van der Waals surface area contributed by atoms with E-state index in [1.807, 2.05) is 0 Å².